The first-order valence-corrected chi connectivity index (χ1v) is 7.63. The summed E-state index contributed by atoms with van der Waals surface area (Å²) in [7, 11) is 3.11. The molecule has 0 fully saturated rings. The molecule has 25 heavy (non-hydrogen) atoms. The van der Waals surface area contributed by atoms with Gasteiger partial charge in [-0.05, 0) is 37.3 Å². The molecule has 1 heterocycles. The first-order valence-electron chi connectivity index (χ1n) is 7.63. The molecule has 0 spiro atoms. The van der Waals surface area contributed by atoms with Crippen molar-refractivity contribution in [2.75, 3.05) is 20.8 Å². The minimum absolute atomic E-state index is 0.338. The van der Waals surface area contributed by atoms with Crippen LogP contribution in [0, 0.1) is 0 Å². The van der Waals surface area contributed by atoms with Crippen LogP contribution in [0.1, 0.15) is 28.9 Å². The minimum atomic E-state index is -0.579. The first kappa shape index (κ1) is 18.3. The van der Waals surface area contributed by atoms with Gasteiger partial charge in [0.2, 0.25) is 0 Å². The van der Waals surface area contributed by atoms with E-state index in [1.54, 1.807) is 39.3 Å². The largest absolute Gasteiger partial charge is 0.497 e. The van der Waals surface area contributed by atoms with Gasteiger partial charge in [0.1, 0.15) is 11.5 Å². The lowest BCUT2D eigenvalue weighted by molar-refractivity contribution is -0.124. The summed E-state index contributed by atoms with van der Waals surface area (Å²) in [6.45, 7) is 1.43. The molecule has 0 saturated heterocycles. The SMILES string of the molecule is COc1ccc(OC)c([C@H](C)NC(=O)COC(=O)c2ccncc2)c1. The zero-order valence-corrected chi connectivity index (χ0v) is 14.3. The maximum Gasteiger partial charge on any atom is 0.338 e. The average molecular weight is 344 g/mol. The monoisotopic (exact) mass is 344 g/mol. The highest BCUT2D eigenvalue weighted by atomic mass is 16.5. The van der Waals surface area contributed by atoms with E-state index in [1.807, 2.05) is 0 Å². The Morgan fingerprint density at radius 3 is 2.48 bits per heavy atom. The number of amides is 1. The van der Waals surface area contributed by atoms with E-state index in [0.29, 0.717) is 17.1 Å². The number of esters is 1. The van der Waals surface area contributed by atoms with Crippen LogP contribution in [-0.4, -0.2) is 37.7 Å². The molecule has 132 valence electrons. The number of pyridine rings is 1. The van der Waals surface area contributed by atoms with Gasteiger partial charge in [-0.25, -0.2) is 4.79 Å². The van der Waals surface area contributed by atoms with Crippen molar-refractivity contribution in [2.24, 2.45) is 0 Å². The Morgan fingerprint density at radius 1 is 1.12 bits per heavy atom. The van der Waals surface area contributed by atoms with Crippen LogP contribution in [0.25, 0.3) is 0 Å². The summed E-state index contributed by atoms with van der Waals surface area (Å²) in [5, 5.41) is 2.76. The number of ether oxygens (including phenoxy) is 3. The van der Waals surface area contributed by atoms with Crippen molar-refractivity contribution >= 4 is 11.9 Å². The van der Waals surface area contributed by atoms with Crippen molar-refractivity contribution in [3.05, 3.63) is 53.9 Å². The summed E-state index contributed by atoms with van der Waals surface area (Å²) in [4.78, 5) is 27.7. The molecule has 1 amide bonds. The fraction of sp³-hybridized carbons (Fsp3) is 0.278. The average Bonchev–Trinajstić information content (AvgIpc) is 2.66. The Morgan fingerprint density at radius 2 is 1.84 bits per heavy atom. The van der Waals surface area contributed by atoms with Crippen LogP contribution in [-0.2, 0) is 9.53 Å². The third-order valence-electron chi connectivity index (χ3n) is 3.53. The third kappa shape index (κ3) is 4.94. The highest BCUT2D eigenvalue weighted by molar-refractivity contribution is 5.91. The molecular formula is C18H20N2O5. The number of nitrogens with zero attached hydrogens (tertiary/aromatic N) is 1. The van der Waals surface area contributed by atoms with Gasteiger partial charge in [-0.2, -0.15) is 0 Å². The summed E-state index contributed by atoms with van der Waals surface area (Å²) in [6, 6.07) is 8.01. The maximum atomic E-state index is 12.0. The van der Waals surface area contributed by atoms with E-state index < -0.39 is 11.9 Å². The van der Waals surface area contributed by atoms with Crippen molar-refractivity contribution < 1.29 is 23.8 Å². The van der Waals surface area contributed by atoms with Crippen LogP contribution in [0.3, 0.4) is 0 Å². The molecule has 1 atom stereocenters. The molecule has 0 bridgehead atoms. The van der Waals surface area contributed by atoms with Crippen molar-refractivity contribution in [3.8, 4) is 11.5 Å². The second-order valence-corrected chi connectivity index (χ2v) is 5.21. The lowest BCUT2D eigenvalue weighted by atomic mass is 10.1. The van der Waals surface area contributed by atoms with Crippen LogP contribution in [0.15, 0.2) is 42.7 Å². The molecule has 0 unspecified atom stereocenters. The smallest absolute Gasteiger partial charge is 0.338 e. The Hall–Kier alpha value is -3.09. The number of carbonyl (C=O) groups is 2. The van der Waals surface area contributed by atoms with Gasteiger partial charge in [0.25, 0.3) is 5.91 Å². The Balaban J connectivity index is 1.95. The predicted molar refractivity (Wildman–Crippen MR) is 90.6 cm³/mol. The highest BCUT2D eigenvalue weighted by Gasteiger charge is 2.16. The van der Waals surface area contributed by atoms with E-state index in [2.05, 4.69) is 10.3 Å². The summed E-state index contributed by atoms with van der Waals surface area (Å²) in [5.74, 6) is 0.285. The van der Waals surface area contributed by atoms with Crippen molar-refractivity contribution in [2.45, 2.75) is 13.0 Å². The number of hydrogen-bond donors (Lipinski definition) is 1. The van der Waals surface area contributed by atoms with Gasteiger partial charge in [-0.3, -0.25) is 9.78 Å². The van der Waals surface area contributed by atoms with Crippen LogP contribution < -0.4 is 14.8 Å². The van der Waals surface area contributed by atoms with Crippen molar-refractivity contribution in [3.63, 3.8) is 0 Å². The van der Waals surface area contributed by atoms with E-state index >= 15 is 0 Å². The molecule has 0 saturated carbocycles. The fourth-order valence-electron chi connectivity index (χ4n) is 2.24. The molecule has 0 aliphatic rings. The highest BCUT2D eigenvalue weighted by Crippen LogP contribution is 2.29. The minimum Gasteiger partial charge on any atom is -0.497 e. The van der Waals surface area contributed by atoms with Crippen LogP contribution >= 0.6 is 0 Å². The Kier molecular flexibility index (Phi) is 6.33. The number of benzene rings is 1. The number of hydrogen-bond acceptors (Lipinski definition) is 6. The molecule has 7 nitrogen and oxygen atoms in total. The first-order chi connectivity index (χ1) is 12.0. The zero-order valence-electron chi connectivity index (χ0n) is 14.3. The van der Waals surface area contributed by atoms with E-state index in [0.717, 1.165) is 5.56 Å². The van der Waals surface area contributed by atoms with E-state index in [4.69, 9.17) is 14.2 Å². The number of carbonyl (C=O) groups excluding carboxylic acids is 2. The van der Waals surface area contributed by atoms with Crippen molar-refractivity contribution in [1.82, 2.24) is 10.3 Å². The van der Waals surface area contributed by atoms with E-state index in [1.165, 1.54) is 24.5 Å². The van der Waals surface area contributed by atoms with E-state index in [9.17, 15) is 9.59 Å². The van der Waals surface area contributed by atoms with Crippen molar-refractivity contribution in [1.29, 1.82) is 0 Å². The van der Waals surface area contributed by atoms with Gasteiger partial charge in [-0.1, -0.05) is 0 Å². The fourth-order valence-corrected chi connectivity index (χ4v) is 2.24. The Labute approximate surface area is 145 Å². The molecule has 2 rings (SSSR count). The topological polar surface area (TPSA) is 86.8 Å². The number of nitrogens with one attached hydrogen (secondary N) is 1. The quantitative estimate of drug-likeness (QED) is 0.775. The molecule has 2 aromatic rings. The Bertz CT molecular complexity index is 734. The van der Waals surface area contributed by atoms with Gasteiger partial charge >= 0.3 is 5.97 Å². The molecule has 1 aromatic carbocycles. The van der Waals surface area contributed by atoms with Crippen LogP contribution in [0.5, 0.6) is 11.5 Å². The molecule has 1 aromatic heterocycles. The molecule has 0 radical (unpaired) electrons. The summed E-state index contributed by atoms with van der Waals surface area (Å²) < 4.78 is 15.5. The number of rotatable bonds is 7. The molecule has 1 N–H and O–H groups in total. The second kappa shape index (κ2) is 8.68. The standard InChI is InChI=1S/C18H20N2O5/c1-12(15-10-14(23-2)4-5-16(15)24-3)20-17(21)11-25-18(22)13-6-8-19-9-7-13/h4-10,12H,11H2,1-3H3,(H,20,21)/t12-/m0/s1. The van der Waals surface area contributed by atoms with Gasteiger partial charge in [0.15, 0.2) is 6.61 Å². The molecule has 7 heteroatoms. The maximum absolute atomic E-state index is 12.0. The lowest BCUT2D eigenvalue weighted by Crippen LogP contribution is -2.31. The predicted octanol–water partition coefficient (Wildman–Crippen LogP) is 2.13. The van der Waals surface area contributed by atoms with Gasteiger partial charge < -0.3 is 19.5 Å². The van der Waals surface area contributed by atoms with E-state index in [-0.39, 0.29) is 12.6 Å². The van der Waals surface area contributed by atoms with Gasteiger partial charge in [-0.15, -0.1) is 0 Å². The molecule has 0 aliphatic heterocycles. The lowest BCUT2D eigenvalue weighted by Gasteiger charge is -2.18. The number of methoxy groups -OCH3 is 2. The molecular weight excluding hydrogens is 324 g/mol. The third-order valence-corrected chi connectivity index (χ3v) is 3.53. The normalized spacial score (nSPS) is 11.3. The number of aromatic nitrogens is 1. The summed E-state index contributed by atoms with van der Waals surface area (Å²) in [6.07, 6.45) is 2.96. The molecule has 0 aliphatic carbocycles. The summed E-state index contributed by atoms with van der Waals surface area (Å²) in [5.41, 5.74) is 1.10. The zero-order chi connectivity index (χ0) is 18.2. The van der Waals surface area contributed by atoms with Gasteiger partial charge in [0, 0.05) is 18.0 Å². The van der Waals surface area contributed by atoms with Crippen LogP contribution in [0.2, 0.25) is 0 Å². The summed E-state index contributed by atoms with van der Waals surface area (Å²) >= 11 is 0. The van der Waals surface area contributed by atoms with Crippen LogP contribution in [0.4, 0.5) is 0 Å². The second-order valence-electron chi connectivity index (χ2n) is 5.21. The van der Waals surface area contributed by atoms with Gasteiger partial charge in [0.05, 0.1) is 25.8 Å².